The topological polar surface area (TPSA) is 25.8 Å². The van der Waals surface area contributed by atoms with Crippen LogP contribution in [0, 0.1) is 19.3 Å². The molecule has 3 heteroatoms. The van der Waals surface area contributed by atoms with Gasteiger partial charge in [0.25, 0.3) is 0 Å². The van der Waals surface area contributed by atoms with Crippen LogP contribution in [-0.4, -0.2) is 9.36 Å². The molecule has 0 N–H and O–H groups in total. The molecule has 2 heterocycles. The Hall–Kier alpha value is -1.40. The Morgan fingerprint density at radius 2 is 2.33 bits per heavy atom. The molecule has 0 aliphatic heterocycles. The molecule has 2 rings (SSSR count). The Morgan fingerprint density at radius 1 is 1.50 bits per heavy atom. The second kappa shape index (κ2) is 2.58. The highest BCUT2D eigenvalue weighted by Gasteiger charge is 2.05. The fourth-order valence-corrected chi connectivity index (χ4v) is 1.94. The Balaban J connectivity index is 2.95. The minimum atomic E-state index is 0.731. The molecule has 0 unspecified atom stereocenters. The summed E-state index contributed by atoms with van der Waals surface area (Å²) in [6.45, 7) is 1.99. The van der Waals surface area contributed by atoms with Crippen LogP contribution in [0.15, 0.2) is 12.4 Å². The molecule has 0 saturated carbocycles. The molecule has 2 aromatic rings. The van der Waals surface area contributed by atoms with E-state index in [4.69, 9.17) is 6.42 Å². The molecule has 0 fully saturated rings. The lowest BCUT2D eigenvalue weighted by molar-refractivity contribution is 1.31. The van der Waals surface area contributed by atoms with Crippen LogP contribution in [0.2, 0.25) is 0 Å². The number of aryl methyl sites for hydroxylation is 1. The van der Waals surface area contributed by atoms with Crippen molar-refractivity contribution in [1.29, 1.82) is 0 Å². The average molecular weight is 174 g/mol. The SMILES string of the molecule is C#Cc1nsc2cncc(C)c12. The molecule has 0 radical (unpaired) electrons. The Bertz CT molecular complexity index is 465. The van der Waals surface area contributed by atoms with Crippen molar-refractivity contribution in [2.45, 2.75) is 6.92 Å². The monoisotopic (exact) mass is 174 g/mol. The van der Waals surface area contributed by atoms with Gasteiger partial charge in [0.15, 0.2) is 0 Å². The van der Waals surface area contributed by atoms with E-state index in [-0.39, 0.29) is 0 Å². The van der Waals surface area contributed by atoms with Crippen molar-refractivity contribution < 1.29 is 0 Å². The molecule has 0 atom stereocenters. The largest absolute Gasteiger partial charge is 0.263 e. The summed E-state index contributed by atoms with van der Waals surface area (Å²) in [5.41, 5.74) is 1.82. The third-order valence-corrected chi connectivity index (χ3v) is 2.49. The smallest absolute Gasteiger partial charge is 0.134 e. The van der Waals surface area contributed by atoms with Gasteiger partial charge in [-0.15, -0.1) is 6.42 Å². The maximum absolute atomic E-state index is 5.30. The zero-order chi connectivity index (χ0) is 8.55. The molecular formula is C9H6N2S. The minimum absolute atomic E-state index is 0.731. The summed E-state index contributed by atoms with van der Waals surface area (Å²) < 4.78 is 5.20. The highest BCUT2D eigenvalue weighted by molar-refractivity contribution is 7.13. The van der Waals surface area contributed by atoms with Gasteiger partial charge in [0.1, 0.15) is 5.69 Å². The number of hydrogen-bond acceptors (Lipinski definition) is 3. The Kier molecular flexibility index (Phi) is 1.56. The fourth-order valence-electron chi connectivity index (χ4n) is 1.15. The molecule has 0 amide bonds. The lowest BCUT2D eigenvalue weighted by Crippen LogP contribution is -1.79. The highest BCUT2D eigenvalue weighted by atomic mass is 32.1. The summed E-state index contributed by atoms with van der Waals surface area (Å²) in [6, 6.07) is 0. The number of hydrogen-bond donors (Lipinski definition) is 0. The van der Waals surface area contributed by atoms with E-state index in [2.05, 4.69) is 15.3 Å². The van der Waals surface area contributed by atoms with E-state index in [0.29, 0.717) is 0 Å². The van der Waals surface area contributed by atoms with Gasteiger partial charge in [0, 0.05) is 17.8 Å². The number of pyridine rings is 1. The first kappa shape index (κ1) is 7.26. The summed E-state index contributed by atoms with van der Waals surface area (Å²) in [5.74, 6) is 2.56. The third-order valence-electron chi connectivity index (χ3n) is 1.71. The lowest BCUT2D eigenvalue weighted by atomic mass is 10.2. The predicted molar refractivity (Wildman–Crippen MR) is 50.1 cm³/mol. The molecule has 58 valence electrons. The average Bonchev–Trinajstić information content (AvgIpc) is 2.49. The van der Waals surface area contributed by atoms with Crippen LogP contribution in [0.3, 0.4) is 0 Å². The van der Waals surface area contributed by atoms with E-state index in [1.807, 2.05) is 6.92 Å². The normalized spacial score (nSPS) is 10.0. The Labute approximate surface area is 74.4 Å². The number of rotatable bonds is 0. The van der Waals surface area contributed by atoms with E-state index in [9.17, 15) is 0 Å². The van der Waals surface area contributed by atoms with Crippen LogP contribution >= 0.6 is 11.5 Å². The molecule has 2 nitrogen and oxygen atoms in total. The highest BCUT2D eigenvalue weighted by Crippen LogP contribution is 2.23. The summed E-state index contributed by atoms with van der Waals surface area (Å²) in [4.78, 5) is 4.06. The van der Waals surface area contributed by atoms with Gasteiger partial charge in [-0.3, -0.25) is 4.98 Å². The van der Waals surface area contributed by atoms with Crippen molar-refractivity contribution in [2.24, 2.45) is 0 Å². The first-order chi connectivity index (χ1) is 5.83. The molecule has 0 aliphatic rings. The van der Waals surface area contributed by atoms with Gasteiger partial charge >= 0.3 is 0 Å². The van der Waals surface area contributed by atoms with Crippen LogP contribution in [0.1, 0.15) is 11.3 Å². The minimum Gasteiger partial charge on any atom is -0.263 e. The van der Waals surface area contributed by atoms with Gasteiger partial charge < -0.3 is 0 Å². The summed E-state index contributed by atoms with van der Waals surface area (Å²) in [6.07, 6.45) is 8.90. The maximum atomic E-state index is 5.30. The number of fused-ring (bicyclic) bond motifs is 1. The second-order valence-corrected chi connectivity index (χ2v) is 3.31. The van der Waals surface area contributed by atoms with Crippen LogP contribution in [0.4, 0.5) is 0 Å². The lowest BCUT2D eigenvalue weighted by Gasteiger charge is -1.92. The van der Waals surface area contributed by atoms with Gasteiger partial charge in [0.2, 0.25) is 0 Å². The van der Waals surface area contributed by atoms with Crippen molar-refractivity contribution in [3.8, 4) is 12.3 Å². The van der Waals surface area contributed by atoms with Crippen molar-refractivity contribution in [2.75, 3.05) is 0 Å². The zero-order valence-corrected chi connectivity index (χ0v) is 7.35. The number of nitrogens with zero attached hydrogens (tertiary/aromatic N) is 2. The van der Waals surface area contributed by atoms with Gasteiger partial charge in [-0.2, -0.15) is 4.37 Å². The van der Waals surface area contributed by atoms with Crippen LogP contribution in [-0.2, 0) is 0 Å². The summed E-state index contributed by atoms with van der Waals surface area (Å²) in [7, 11) is 0. The van der Waals surface area contributed by atoms with E-state index in [1.54, 1.807) is 12.4 Å². The molecule has 0 spiro atoms. The molecule has 0 bridgehead atoms. The number of aromatic nitrogens is 2. The van der Waals surface area contributed by atoms with Crippen LogP contribution in [0.5, 0.6) is 0 Å². The molecule has 0 saturated heterocycles. The number of terminal acetylenes is 1. The van der Waals surface area contributed by atoms with Crippen molar-refractivity contribution >= 4 is 21.6 Å². The third kappa shape index (κ3) is 0.892. The van der Waals surface area contributed by atoms with E-state index in [0.717, 1.165) is 21.3 Å². The van der Waals surface area contributed by atoms with Gasteiger partial charge in [-0.05, 0) is 29.9 Å². The maximum Gasteiger partial charge on any atom is 0.134 e. The van der Waals surface area contributed by atoms with E-state index in [1.165, 1.54) is 11.5 Å². The summed E-state index contributed by atoms with van der Waals surface area (Å²) in [5, 5.41) is 1.07. The van der Waals surface area contributed by atoms with E-state index < -0.39 is 0 Å². The van der Waals surface area contributed by atoms with Crippen LogP contribution in [0.25, 0.3) is 10.1 Å². The zero-order valence-electron chi connectivity index (χ0n) is 6.53. The van der Waals surface area contributed by atoms with Crippen molar-refractivity contribution in [1.82, 2.24) is 9.36 Å². The first-order valence-corrected chi connectivity index (χ1v) is 4.27. The van der Waals surface area contributed by atoms with Crippen LogP contribution < -0.4 is 0 Å². The van der Waals surface area contributed by atoms with E-state index >= 15 is 0 Å². The first-order valence-electron chi connectivity index (χ1n) is 3.49. The fraction of sp³-hybridized carbons (Fsp3) is 0.111. The second-order valence-electron chi connectivity index (χ2n) is 2.51. The molecule has 0 aromatic carbocycles. The summed E-state index contributed by atoms with van der Waals surface area (Å²) >= 11 is 1.40. The van der Waals surface area contributed by atoms with Crippen molar-refractivity contribution in [3.05, 3.63) is 23.7 Å². The predicted octanol–water partition coefficient (Wildman–Crippen LogP) is 1.98. The molecule has 0 aliphatic carbocycles. The van der Waals surface area contributed by atoms with Crippen molar-refractivity contribution in [3.63, 3.8) is 0 Å². The van der Waals surface area contributed by atoms with Gasteiger partial charge in [-0.1, -0.05) is 0 Å². The molecular weight excluding hydrogens is 168 g/mol. The Morgan fingerprint density at radius 3 is 3.08 bits per heavy atom. The quantitative estimate of drug-likeness (QED) is 0.571. The molecule has 2 aromatic heterocycles. The standard InChI is InChI=1S/C9H6N2S/c1-3-7-9-6(2)4-10-5-8(9)12-11-7/h1,4-5H,2H3. The van der Waals surface area contributed by atoms with Gasteiger partial charge in [-0.25, -0.2) is 0 Å². The molecule has 12 heavy (non-hydrogen) atoms. The van der Waals surface area contributed by atoms with Gasteiger partial charge in [0.05, 0.1) is 4.70 Å².